The summed E-state index contributed by atoms with van der Waals surface area (Å²) in [6, 6.07) is 15.1. The lowest BCUT2D eigenvalue weighted by Gasteiger charge is -2.00. The SMILES string of the molecule is COC(=O)/C(C#N)=C/c1cn(-c2ccccc2)nc1-c1ccncc1. The monoisotopic (exact) mass is 330 g/mol. The highest BCUT2D eigenvalue weighted by atomic mass is 16.5. The second kappa shape index (κ2) is 7.23. The fraction of sp³-hybridized carbons (Fsp3) is 0.0526. The van der Waals surface area contributed by atoms with Crippen LogP contribution in [0.2, 0.25) is 0 Å². The van der Waals surface area contributed by atoms with E-state index in [-0.39, 0.29) is 5.57 Å². The van der Waals surface area contributed by atoms with Crippen molar-refractivity contribution in [2.75, 3.05) is 7.11 Å². The molecule has 2 heterocycles. The minimum absolute atomic E-state index is 0.0922. The molecule has 0 bridgehead atoms. The van der Waals surface area contributed by atoms with E-state index in [1.54, 1.807) is 23.3 Å². The number of carbonyl (C=O) groups excluding carboxylic acids is 1. The third-order valence-electron chi connectivity index (χ3n) is 3.54. The number of nitrogens with zero attached hydrogens (tertiary/aromatic N) is 4. The van der Waals surface area contributed by atoms with E-state index in [0.29, 0.717) is 11.3 Å². The number of para-hydroxylation sites is 1. The van der Waals surface area contributed by atoms with Crippen LogP contribution in [0, 0.1) is 11.3 Å². The van der Waals surface area contributed by atoms with Crippen molar-refractivity contribution in [2.45, 2.75) is 0 Å². The number of carbonyl (C=O) groups is 1. The molecule has 6 heteroatoms. The van der Waals surface area contributed by atoms with Crippen molar-refractivity contribution in [2.24, 2.45) is 0 Å². The molecule has 0 unspecified atom stereocenters. The molecule has 2 aromatic heterocycles. The average molecular weight is 330 g/mol. The third-order valence-corrected chi connectivity index (χ3v) is 3.54. The summed E-state index contributed by atoms with van der Waals surface area (Å²) in [7, 11) is 1.24. The number of hydrogen-bond acceptors (Lipinski definition) is 5. The number of aromatic nitrogens is 3. The lowest BCUT2D eigenvalue weighted by atomic mass is 10.1. The summed E-state index contributed by atoms with van der Waals surface area (Å²) in [5, 5.41) is 13.8. The molecule has 122 valence electrons. The maximum atomic E-state index is 11.7. The molecule has 0 fully saturated rings. The van der Waals surface area contributed by atoms with Gasteiger partial charge in [-0.15, -0.1) is 0 Å². The lowest BCUT2D eigenvalue weighted by molar-refractivity contribution is -0.135. The van der Waals surface area contributed by atoms with Crippen LogP contribution in [-0.2, 0) is 9.53 Å². The molecule has 3 aromatic rings. The Bertz CT molecular complexity index is 954. The van der Waals surface area contributed by atoms with Gasteiger partial charge in [0.05, 0.1) is 12.8 Å². The van der Waals surface area contributed by atoms with E-state index in [4.69, 9.17) is 0 Å². The second-order valence-corrected chi connectivity index (χ2v) is 5.11. The molecule has 0 radical (unpaired) electrons. The van der Waals surface area contributed by atoms with Crippen molar-refractivity contribution in [3.05, 3.63) is 72.2 Å². The molecule has 1 aromatic carbocycles. The molecule has 0 atom stereocenters. The maximum Gasteiger partial charge on any atom is 0.348 e. The van der Waals surface area contributed by atoms with E-state index >= 15 is 0 Å². The average Bonchev–Trinajstić information content (AvgIpc) is 3.11. The van der Waals surface area contributed by atoms with Crippen LogP contribution in [0.25, 0.3) is 23.0 Å². The number of hydrogen-bond donors (Lipinski definition) is 0. The van der Waals surface area contributed by atoms with Gasteiger partial charge in [-0.2, -0.15) is 10.4 Å². The number of ether oxygens (including phenoxy) is 1. The number of methoxy groups -OCH3 is 1. The predicted molar refractivity (Wildman–Crippen MR) is 92.4 cm³/mol. The molecule has 6 nitrogen and oxygen atoms in total. The summed E-state index contributed by atoms with van der Waals surface area (Å²) >= 11 is 0. The summed E-state index contributed by atoms with van der Waals surface area (Å²) in [5.41, 5.74) is 2.89. The van der Waals surface area contributed by atoms with Gasteiger partial charge in [-0.25, -0.2) is 9.48 Å². The maximum absolute atomic E-state index is 11.7. The molecule has 0 amide bonds. The number of nitriles is 1. The molecule has 3 rings (SSSR count). The van der Waals surface area contributed by atoms with Crippen LogP contribution < -0.4 is 0 Å². The van der Waals surface area contributed by atoms with Gasteiger partial charge in [0, 0.05) is 29.7 Å². The van der Waals surface area contributed by atoms with E-state index in [9.17, 15) is 10.1 Å². The molecule has 0 aliphatic rings. The predicted octanol–water partition coefficient (Wildman–Crippen LogP) is 3.01. The smallest absolute Gasteiger partial charge is 0.348 e. The number of pyridine rings is 1. The fourth-order valence-electron chi connectivity index (χ4n) is 2.34. The van der Waals surface area contributed by atoms with Crippen LogP contribution in [-0.4, -0.2) is 27.8 Å². The van der Waals surface area contributed by atoms with E-state index in [1.165, 1.54) is 13.2 Å². The van der Waals surface area contributed by atoms with Gasteiger partial charge in [0.2, 0.25) is 0 Å². The van der Waals surface area contributed by atoms with Crippen molar-refractivity contribution < 1.29 is 9.53 Å². The number of rotatable bonds is 4. The van der Waals surface area contributed by atoms with Gasteiger partial charge in [-0.3, -0.25) is 4.98 Å². The van der Waals surface area contributed by atoms with E-state index in [0.717, 1.165) is 11.3 Å². The second-order valence-electron chi connectivity index (χ2n) is 5.11. The van der Waals surface area contributed by atoms with Crippen molar-refractivity contribution in [3.8, 4) is 23.0 Å². The van der Waals surface area contributed by atoms with Crippen molar-refractivity contribution in [1.82, 2.24) is 14.8 Å². The Balaban J connectivity index is 2.16. The standard InChI is InChI=1S/C19H14N4O2/c1-25-19(24)15(12-20)11-16-13-23(17-5-3-2-4-6-17)22-18(16)14-7-9-21-10-8-14/h2-11,13H,1H3/b15-11+. The molecule has 0 spiro atoms. The topological polar surface area (TPSA) is 80.8 Å². The number of esters is 1. The third kappa shape index (κ3) is 3.46. The van der Waals surface area contributed by atoms with Crippen LogP contribution in [0.5, 0.6) is 0 Å². The molecule has 0 saturated carbocycles. The lowest BCUT2D eigenvalue weighted by Crippen LogP contribution is -2.02. The van der Waals surface area contributed by atoms with Crippen LogP contribution >= 0.6 is 0 Å². The minimum atomic E-state index is -0.685. The van der Waals surface area contributed by atoms with Gasteiger partial charge in [0.1, 0.15) is 17.3 Å². The molecule has 0 aliphatic heterocycles. The van der Waals surface area contributed by atoms with Gasteiger partial charge in [-0.1, -0.05) is 18.2 Å². The van der Waals surface area contributed by atoms with Gasteiger partial charge in [0.15, 0.2) is 0 Å². The molecular formula is C19H14N4O2. The minimum Gasteiger partial charge on any atom is -0.465 e. The largest absolute Gasteiger partial charge is 0.465 e. The Labute approximate surface area is 144 Å². The number of benzene rings is 1. The highest BCUT2D eigenvalue weighted by Gasteiger charge is 2.15. The van der Waals surface area contributed by atoms with Crippen LogP contribution in [0.15, 0.2) is 66.6 Å². The summed E-state index contributed by atoms with van der Waals surface area (Å²) < 4.78 is 6.35. The first-order chi connectivity index (χ1) is 12.2. The molecular weight excluding hydrogens is 316 g/mol. The van der Waals surface area contributed by atoms with E-state index in [1.807, 2.05) is 48.5 Å². The van der Waals surface area contributed by atoms with Crippen LogP contribution in [0.4, 0.5) is 0 Å². The van der Waals surface area contributed by atoms with Gasteiger partial charge in [0.25, 0.3) is 0 Å². The summed E-state index contributed by atoms with van der Waals surface area (Å²) in [6.07, 6.45) is 6.57. The first kappa shape index (κ1) is 16.1. The summed E-state index contributed by atoms with van der Waals surface area (Å²) in [6.45, 7) is 0. The Hall–Kier alpha value is -3.72. The summed E-state index contributed by atoms with van der Waals surface area (Å²) in [4.78, 5) is 15.7. The zero-order valence-electron chi connectivity index (χ0n) is 13.5. The zero-order valence-corrected chi connectivity index (χ0v) is 13.5. The van der Waals surface area contributed by atoms with Gasteiger partial charge in [-0.05, 0) is 30.3 Å². The first-order valence-electron chi connectivity index (χ1n) is 7.48. The Morgan fingerprint density at radius 3 is 2.56 bits per heavy atom. The summed E-state index contributed by atoms with van der Waals surface area (Å²) in [5.74, 6) is -0.685. The quantitative estimate of drug-likeness (QED) is 0.417. The van der Waals surface area contributed by atoms with Crippen molar-refractivity contribution in [1.29, 1.82) is 5.26 Å². The van der Waals surface area contributed by atoms with Crippen LogP contribution in [0.1, 0.15) is 5.56 Å². The molecule has 0 aliphatic carbocycles. The van der Waals surface area contributed by atoms with Gasteiger partial charge < -0.3 is 4.74 Å². The Morgan fingerprint density at radius 1 is 1.20 bits per heavy atom. The van der Waals surface area contributed by atoms with E-state index < -0.39 is 5.97 Å². The van der Waals surface area contributed by atoms with E-state index in [2.05, 4.69) is 14.8 Å². The van der Waals surface area contributed by atoms with Crippen molar-refractivity contribution in [3.63, 3.8) is 0 Å². The van der Waals surface area contributed by atoms with Gasteiger partial charge >= 0.3 is 5.97 Å². The normalized spacial score (nSPS) is 11.0. The Kier molecular flexibility index (Phi) is 4.67. The Morgan fingerprint density at radius 2 is 1.92 bits per heavy atom. The first-order valence-corrected chi connectivity index (χ1v) is 7.48. The highest BCUT2D eigenvalue weighted by Crippen LogP contribution is 2.25. The molecule has 0 saturated heterocycles. The zero-order chi connectivity index (χ0) is 17.6. The van der Waals surface area contributed by atoms with Crippen LogP contribution in [0.3, 0.4) is 0 Å². The molecule has 0 N–H and O–H groups in total. The molecule has 25 heavy (non-hydrogen) atoms. The fourth-order valence-corrected chi connectivity index (χ4v) is 2.34. The van der Waals surface area contributed by atoms with Crippen molar-refractivity contribution >= 4 is 12.0 Å². The highest BCUT2D eigenvalue weighted by molar-refractivity contribution is 5.98.